The number of nitrogens with zero attached hydrogens (tertiary/aromatic N) is 2. The quantitative estimate of drug-likeness (QED) is 0.106. The van der Waals surface area contributed by atoms with E-state index in [1.54, 1.807) is 4.90 Å². The third-order valence-electron chi connectivity index (χ3n) is 7.16. The molecule has 1 aliphatic heterocycles. The summed E-state index contributed by atoms with van der Waals surface area (Å²) in [5.74, 6) is 0.511. The van der Waals surface area contributed by atoms with Crippen LogP contribution in [-0.2, 0) is 4.79 Å². The van der Waals surface area contributed by atoms with Crippen molar-refractivity contribution in [2.24, 2.45) is 4.99 Å². The second-order valence-corrected chi connectivity index (χ2v) is 10.3. The van der Waals surface area contributed by atoms with Crippen molar-refractivity contribution in [3.05, 3.63) is 12.7 Å². The molecule has 0 aromatic carbocycles. The molecular weight excluding hydrogens is 420 g/mol. The zero-order chi connectivity index (χ0) is 24.7. The molecule has 1 N–H and O–H groups in total. The highest BCUT2D eigenvalue weighted by molar-refractivity contribution is 6.39. The molecular formula is C30H56N2O2. The summed E-state index contributed by atoms with van der Waals surface area (Å²) in [6.07, 6.45) is 29.9. The number of ketones is 1. The predicted molar refractivity (Wildman–Crippen MR) is 147 cm³/mol. The Kier molecular flexibility index (Phi) is 20.3. The molecule has 1 aliphatic rings. The SMILES string of the molecule is C=CC(O)N1CCN=C1C(=O)CCCCCCCCCCCCCCCCCCCCCCC. The maximum atomic E-state index is 12.4. The van der Waals surface area contributed by atoms with Crippen LogP contribution >= 0.6 is 0 Å². The highest BCUT2D eigenvalue weighted by Gasteiger charge is 2.26. The first-order valence-electron chi connectivity index (χ1n) is 14.9. The van der Waals surface area contributed by atoms with Crippen molar-refractivity contribution in [3.8, 4) is 0 Å². The van der Waals surface area contributed by atoms with Gasteiger partial charge in [-0.2, -0.15) is 0 Å². The first kappa shape index (κ1) is 30.9. The first-order chi connectivity index (χ1) is 16.7. The van der Waals surface area contributed by atoms with Crippen LogP contribution in [0.25, 0.3) is 0 Å². The van der Waals surface area contributed by atoms with E-state index in [0.717, 1.165) is 12.8 Å². The van der Waals surface area contributed by atoms with Crippen LogP contribution in [0.3, 0.4) is 0 Å². The van der Waals surface area contributed by atoms with Crippen LogP contribution in [0.5, 0.6) is 0 Å². The molecule has 34 heavy (non-hydrogen) atoms. The number of aliphatic hydroxyl groups is 1. The minimum absolute atomic E-state index is 0.0659. The van der Waals surface area contributed by atoms with Gasteiger partial charge < -0.3 is 10.0 Å². The lowest BCUT2D eigenvalue weighted by molar-refractivity contribution is -0.114. The molecule has 0 radical (unpaired) electrons. The van der Waals surface area contributed by atoms with E-state index < -0.39 is 6.23 Å². The molecule has 1 atom stereocenters. The fourth-order valence-corrected chi connectivity index (χ4v) is 4.92. The van der Waals surface area contributed by atoms with E-state index in [0.29, 0.717) is 25.3 Å². The fourth-order valence-electron chi connectivity index (χ4n) is 4.92. The lowest BCUT2D eigenvalue weighted by Crippen LogP contribution is -2.40. The number of hydrogen-bond donors (Lipinski definition) is 1. The van der Waals surface area contributed by atoms with Gasteiger partial charge in [0, 0.05) is 13.0 Å². The van der Waals surface area contributed by atoms with E-state index in [-0.39, 0.29) is 5.78 Å². The highest BCUT2D eigenvalue weighted by atomic mass is 16.3. The van der Waals surface area contributed by atoms with Gasteiger partial charge in [-0.05, 0) is 12.5 Å². The smallest absolute Gasteiger partial charge is 0.197 e. The van der Waals surface area contributed by atoms with Gasteiger partial charge in [-0.15, -0.1) is 0 Å². The Labute approximate surface area is 211 Å². The summed E-state index contributed by atoms with van der Waals surface area (Å²) in [6.45, 7) is 7.08. The molecule has 0 aromatic rings. The molecule has 0 fully saturated rings. The summed E-state index contributed by atoms with van der Waals surface area (Å²) in [4.78, 5) is 18.3. The molecule has 1 heterocycles. The number of hydrogen-bond acceptors (Lipinski definition) is 4. The Morgan fingerprint density at radius 1 is 0.794 bits per heavy atom. The van der Waals surface area contributed by atoms with Crippen molar-refractivity contribution in [1.82, 2.24) is 4.90 Å². The zero-order valence-electron chi connectivity index (χ0n) is 22.6. The number of rotatable bonds is 25. The molecule has 1 rings (SSSR count). The van der Waals surface area contributed by atoms with Gasteiger partial charge in [0.1, 0.15) is 6.23 Å². The second-order valence-electron chi connectivity index (χ2n) is 10.3. The maximum absolute atomic E-state index is 12.4. The van der Waals surface area contributed by atoms with Crippen LogP contribution in [0.15, 0.2) is 17.6 Å². The fraction of sp³-hybridized carbons (Fsp3) is 0.867. The molecule has 4 nitrogen and oxygen atoms in total. The third kappa shape index (κ3) is 15.7. The van der Waals surface area contributed by atoms with Crippen LogP contribution in [0.1, 0.15) is 148 Å². The average Bonchev–Trinajstić information content (AvgIpc) is 3.34. The van der Waals surface area contributed by atoms with E-state index in [9.17, 15) is 9.90 Å². The normalized spacial score (nSPS) is 14.4. The molecule has 0 bridgehead atoms. The minimum atomic E-state index is -0.801. The van der Waals surface area contributed by atoms with Gasteiger partial charge in [0.2, 0.25) is 0 Å². The summed E-state index contributed by atoms with van der Waals surface area (Å²) < 4.78 is 0. The topological polar surface area (TPSA) is 52.9 Å². The molecule has 4 heteroatoms. The molecule has 0 spiro atoms. The van der Waals surface area contributed by atoms with Crippen LogP contribution in [0, 0.1) is 0 Å². The van der Waals surface area contributed by atoms with Gasteiger partial charge in [0.25, 0.3) is 0 Å². The largest absolute Gasteiger partial charge is 0.370 e. The van der Waals surface area contributed by atoms with Crippen molar-refractivity contribution in [2.75, 3.05) is 13.1 Å². The van der Waals surface area contributed by atoms with E-state index in [2.05, 4.69) is 18.5 Å². The summed E-state index contributed by atoms with van der Waals surface area (Å²) in [5.41, 5.74) is 0. The Morgan fingerprint density at radius 2 is 1.18 bits per heavy atom. The molecule has 0 aliphatic carbocycles. The number of carbonyl (C=O) groups excluding carboxylic acids is 1. The summed E-state index contributed by atoms with van der Waals surface area (Å²) >= 11 is 0. The number of Topliss-reactive ketones (excluding diaryl/α,β-unsaturated/α-hetero) is 1. The lowest BCUT2D eigenvalue weighted by Gasteiger charge is -2.22. The predicted octanol–water partition coefficient (Wildman–Crippen LogP) is 8.38. The Morgan fingerprint density at radius 3 is 1.56 bits per heavy atom. The molecule has 0 saturated heterocycles. The van der Waals surface area contributed by atoms with E-state index in [4.69, 9.17) is 0 Å². The van der Waals surface area contributed by atoms with Gasteiger partial charge in [-0.25, -0.2) is 0 Å². The Hall–Kier alpha value is -1.16. The summed E-state index contributed by atoms with van der Waals surface area (Å²) in [6, 6.07) is 0. The van der Waals surface area contributed by atoms with E-state index in [1.807, 2.05) is 0 Å². The molecule has 0 aromatic heterocycles. The number of unbranched alkanes of at least 4 members (excludes halogenated alkanes) is 20. The van der Waals surface area contributed by atoms with Crippen LogP contribution in [0.2, 0.25) is 0 Å². The van der Waals surface area contributed by atoms with Crippen molar-refractivity contribution < 1.29 is 9.90 Å². The Balaban J connectivity index is 1.78. The van der Waals surface area contributed by atoms with Crippen LogP contribution < -0.4 is 0 Å². The van der Waals surface area contributed by atoms with Crippen molar-refractivity contribution in [3.63, 3.8) is 0 Å². The first-order valence-corrected chi connectivity index (χ1v) is 14.9. The maximum Gasteiger partial charge on any atom is 0.197 e. The summed E-state index contributed by atoms with van der Waals surface area (Å²) in [7, 11) is 0. The number of amidine groups is 1. The van der Waals surface area contributed by atoms with Gasteiger partial charge in [0.05, 0.1) is 6.54 Å². The van der Waals surface area contributed by atoms with E-state index >= 15 is 0 Å². The lowest BCUT2D eigenvalue weighted by atomic mass is 10.0. The van der Waals surface area contributed by atoms with Crippen molar-refractivity contribution in [1.29, 1.82) is 0 Å². The van der Waals surface area contributed by atoms with Gasteiger partial charge in [-0.1, -0.05) is 142 Å². The number of aliphatic imine (C=N–C) groups is 1. The second kappa shape index (κ2) is 22.3. The number of carbonyl (C=O) groups is 1. The standard InChI is InChI=1S/C30H56N2O2/c1-3-5-6-7-8-9-10-11-12-13-14-15-16-17-18-19-20-21-22-23-24-25-28(33)30-31-26-27-32(30)29(34)4-2/h4,29,34H,2-3,5-27H2,1H3. The Bertz CT molecular complexity index is 532. The van der Waals surface area contributed by atoms with E-state index in [1.165, 1.54) is 128 Å². The highest BCUT2D eigenvalue weighted by Crippen LogP contribution is 2.16. The van der Waals surface area contributed by atoms with Gasteiger partial charge in [-0.3, -0.25) is 9.79 Å². The van der Waals surface area contributed by atoms with Crippen LogP contribution in [0.4, 0.5) is 0 Å². The number of aliphatic hydroxyl groups excluding tert-OH is 1. The zero-order valence-corrected chi connectivity index (χ0v) is 22.6. The average molecular weight is 477 g/mol. The van der Waals surface area contributed by atoms with Crippen molar-refractivity contribution in [2.45, 2.75) is 154 Å². The van der Waals surface area contributed by atoms with Gasteiger partial charge in [0.15, 0.2) is 11.6 Å². The molecule has 0 saturated carbocycles. The minimum Gasteiger partial charge on any atom is -0.370 e. The summed E-state index contributed by atoms with van der Waals surface area (Å²) in [5, 5.41) is 9.90. The monoisotopic (exact) mass is 476 g/mol. The molecule has 0 amide bonds. The van der Waals surface area contributed by atoms with Crippen molar-refractivity contribution >= 4 is 11.6 Å². The van der Waals surface area contributed by atoms with Crippen LogP contribution in [-0.4, -0.2) is 40.9 Å². The molecule has 198 valence electrons. The third-order valence-corrected chi connectivity index (χ3v) is 7.16. The molecule has 1 unspecified atom stereocenters. The van der Waals surface area contributed by atoms with Gasteiger partial charge >= 0.3 is 0 Å².